The van der Waals surface area contributed by atoms with E-state index in [1.807, 2.05) is 0 Å². The van der Waals surface area contributed by atoms with E-state index in [0.29, 0.717) is 0 Å². The summed E-state index contributed by atoms with van der Waals surface area (Å²) in [5, 5.41) is 6.66. The highest BCUT2D eigenvalue weighted by Gasteiger charge is 1.87. The molecular formula is H4N6. The van der Waals surface area contributed by atoms with Crippen LogP contribution < -0.4 is 16.6 Å². The molecule has 6 nitrogen and oxygen atoms in total. The van der Waals surface area contributed by atoms with Gasteiger partial charge in [0.2, 0.25) is 0 Å². The van der Waals surface area contributed by atoms with Crippen LogP contribution in [0, 0.1) is 0 Å². The average Bonchev–Trinajstić information content (AvgIpc) is 1.86. The first-order valence-electron chi connectivity index (χ1n) is 1.38. The lowest BCUT2D eigenvalue weighted by atomic mass is 12.2. The van der Waals surface area contributed by atoms with Crippen LogP contribution >= 0.6 is 0 Å². The summed E-state index contributed by atoms with van der Waals surface area (Å²) in [7, 11) is 0. The van der Waals surface area contributed by atoms with Crippen LogP contribution in [-0.2, 0) is 0 Å². The lowest BCUT2D eigenvalue weighted by Crippen LogP contribution is -3.08. The van der Waals surface area contributed by atoms with Gasteiger partial charge in [-0.15, -0.1) is 0 Å². The second-order valence-electron chi connectivity index (χ2n) is 0.770. The Kier molecular flexibility index (Phi) is 0.675. The zero-order valence-electron chi connectivity index (χ0n) is 2.92. The van der Waals surface area contributed by atoms with E-state index in [0.717, 1.165) is 0 Å². The lowest BCUT2D eigenvalue weighted by molar-refractivity contribution is -0.881. The summed E-state index contributed by atoms with van der Waals surface area (Å²) in [4.78, 5) is 0. The molecule has 0 fully saturated rings. The zero-order valence-corrected chi connectivity index (χ0v) is 2.92. The van der Waals surface area contributed by atoms with E-state index in [2.05, 4.69) is 21.5 Å². The second-order valence-corrected chi connectivity index (χ2v) is 0.770. The van der Waals surface area contributed by atoms with Crippen molar-refractivity contribution in [3.8, 4) is 0 Å². The Hall–Kier alpha value is -0.720. The maximum atomic E-state index is 4.96. The summed E-state index contributed by atoms with van der Waals surface area (Å²) >= 11 is 0. The van der Waals surface area contributed by atoms with Crippen molar-refractivity contribution in [3.63, 3.8) is 0 Å². The first-order chi connectivity index (χ1) is 2.89. The molecule has 6 heteroatoms. The molecule has 0 saturated carbocycles. The van der Waals surface area contributed by atoms with Gasteiger partial charge in [-0.1, -0.05) is 0 Å². The van der Waals surface area contributed by atoms with Crippen LogP contribution in [0.25, 0.3) is 5.53 Å². The van der Waals surface area contributed by atoms with Gasteiger partial charge in [-0.25, -0.2) is 0 Å². The molecule has 0 aliphatic carbocycles. The number of nitrogens with one attached hydrogen (secondary N) is 2. The highest BCUT2D eigenvalue weighted by molar-refractivity contribution is 4.38. The Morgan fingerprint density at radius 3 is 2.83 bits per heavy atom. The molecule has 1 aliphatic rings. The van der Waals surface area contributed by atoms with E-state index in [4.69, 9.17) is 5.84 Å². The fourth-order valence-corrected chi connectivity index (χ4v) is 0.170. The molecular weight excluding hydrogens is 84.0 g/mol. The quantitative estimate of drug-likeness (QED) is 0.295. The van der Waals surface area contributed by atoms with Gasteiger partial charge in [0, 0.05) is 0 Å². The number of hydrogen-bond acceptors (Lipinski definition) is 4. The standard InChI is InChI=1S/H4N6/c1-6-4-2-3-5-6/h6H,1H2,(H-,2,3,4,5). The van der Waals surface area contributed by atoms with Gasteiger partial charge in [0.1, 0.15) is 0 Å². The van der Waals surface area contributed by atoms with Crippen LogP contribution in [0.4, 0.5) is 0 Å². The van der Waals surface area contributed by atoms with Gasteiger partial charge in [0.15, 0.2) is 0 Å². The molecule has 0 amide bonds. The molecule has 4 N–H and O–H groups in total. The molecule has 1 heterocycles. The third-order valence-corrected chi connectivity index (χ3v) is 0.362. The van der Waals surface area contributed by atoms with E-state index in [1.165, 1.54) is 0 Å². The van der Waals surface area contributed by atoms with Gasteiger partial charge in [-0.3, -0.25) is 5.53 Å². The minimum Gasteiger partial charge on any atom is -0.333 e. The number of hydrogen-bond donors (Lipinski definition) is 3. The van der Waals surface area contributed by atoms with Gasteiger partial charge >= 0.3 is 0 Å². The van der Waals surface area contributed by atoms with Crippen molar-refractivity contribution in [3.05, 3.63) is 5.53 Å². The molecule has 6 heavy (non-hydrogen) atoms. The number of nitrogens with zero attached hydrogens (tertiary/aromatic N) is 3. The SMILES string of the molecule is N[NH+]1N=NN[N-]1. The molecule has 0 radical (unpaired) electrons. The predicted molar refractivity (Wildman–Crippen MR) is 16.5 cm³/mol. The Bertz CT molecular complexity index is 62.4. The third kappa shape index (κ3) is 0.432. The van der Waals surface area contributed by atoms with Gasteiger partial charge in [0.25, 0.3) is 0 Å². The van der Waals surface area contributed by atoms with Crippen molar-refractivity contribution < 1.29 is 5.23 Å². The molecule has 0 bridgehead atoms. The van der Waals surface area contributed by atoms with E-state index in [9.17, 15) is 0 Å². The van der Waals surface area contributed by atoms with E-state index < -0.39 is 0 Å². The van der Waals surface area contributed by atoms with E-state index in [1.54, 1.807) is 0 Å². The summed E-state index contributed by atoms with van der Waals surface area (Å²) in [5.41, 5.74) is 5.54. The maximum Gasteiger partial charge on any atom is 0.0562 e. The molecule has 0 spiro atoms. The van der Waals surface area contributed by atoms with E-state index >= 15 is 0 Å². The minimum atomic E-state index is 0.176. The minimum absolute atomic E-state index is 0.176. The first kappa shape index (κ1) is 3.47. The van der Waals surface area contributed by atoms with Gasteiger partial charge in [-0.2, -0.15) is 11.1 Å². The fraction of sp³-hybridized carbons (Fsp3) is 0. The number of quaternary nitrogens is 1. The van der Waals surface area contributed by atoms with Crippen molar-refractivity contribution in [2.24, 2.45) is 16.3 Å². The largest absolute Gasteiger partial charge is 0.333 e. The van der Waals surface area contributed by atoms with Crippen molar-refractivity contribution >= 4 is 0 Å². The molecule has 0 saturated heterocycles. The smallest absolute Gasteiger partial charge is 0.0562 e. The van der Waals surface area contributed by atoms with Crippen molar-refractivity contribution in [1.82, 2.24) is 5.53 Å². The Morgan fingerprint density at radius 2 is 2.67 bits per heavy atom. The predicted octanol–water partition coefficient (Wildman–Crippen LogP) is -2.17. The highest BCUT2D eigenvalue weighted by Crippen LogP contribution is 1.67. The summed E-state index contributed by atoms with van der Waals surface area (Å²) in [6, 6.07) is 0. The Morgan fingerprint density at radius 1 is 1.83 bits per heavy atom. The van der Waals surface area contributed by atoms with Crippen LogP contribution in [0.15, 0.2) is 10.4 Å². The fourth-order valence-electron chi connectivity index (χ4n) is 0.170. The maximum absolute atomic E-state index is 4.96. The van der Waals surface area contributed by atoms with Crippen LogP contribution in [0.3, 0.4) is 0 Å². The summed E-state index contributed by atoms with van der Waals surface area (Å²) in [6.45, 7) is 0. The molecule has 0 aromatic heterocycles. The molecule has 1 aliphatic heterocycles. The van der Waals surface area contributed by atoms with Gasteiger partial charge in [0.05, 0.1) is 5.22 Å². The molecule has 1 rings (SSSR count). The van der Waals surface area contributed by atoms with Crippen LogP contribution in [-0.4, -0.2) is 0 Å². The molecule has 34 valence electrons. The summed E-state index contributed by atoms with van der Waals surface area (Å²) in [6.07, 6.45) is 0. The number of rotatable bonds is 0. The molecule has 0 aromatic carbocycles. The Balaban J connectivity index is 2.38. The second kappa shape index (κ2) is 1.17. The summed E-state index contributed by atoms with van der Waals surface area (Å²) in [5.74, 6) is 4.96. The highest BCUT2D eigenvalue weighted by atomic mass is 16.0. The monoisotopic (exact) mass is 88.0 g/mol. The molecule has 1 atom stereocenters. The van der Waals surface area contributed by atoms with Crippen LogP contribution in [0.1, 0.15) is 0 Å². The van der Waals surface area contributed by atoms with Crippen molar-refractivity contribution in [2.45, 2.75) is 0 Å². The van der Waals surface area contributed by atoms with Crippen molar-refractivity contribution in [2.75, 3.05) is 0 Å². The van der Waals surface area contributed by atoms with E-state index in [-0.39, 0.29) is 5.23 Å². The van der Waals surface area contributed by atoms with Gasteiger partial charge < -0.3 is 5.53 Å². The zero-order chi connectivity index (χ0) is 4.41. The van der Waals surface area contributed by atoms with Crippen molar-refractivity contribution in [1.29, 1.82) is 0 Å². The lowest BCUT2D eigenvalue weighted by Gasteiger charge is -2.05. The summed E-state index contributed by atoms with van der Waals surface area (Å²) < 4.78 is 0. The van der Waals surface area contributed by atoms with Crippen LogP contribution in [0.5, 0.6) is 0 Å². The number of nitrogens with two attached hydrogens (primary N) is 1. The topological polar surface area (TPSA) is 81.3 Å². The van der Waals surface area contributed by atoms with Crippen LogP contribution in [0.2, 0.25) is 0 Å². The first-order valence-corrected chi connectivity index (χ1v) is 1.38. The normalized spacial score (nSPS) is 30.5. The average molecular weight is 88.1 g/mol. The molecule has 1 unspecified atom stereocenters. The van der Waals surface area contributed by atoms with Gasteiger partial charge in [-0.05, 0) is 5.22 Å². The Labute approximate surface area is 33.9 Å². The molecule has 0 aromatic rings. The third-order valence-electron chi connectivity index (χ3n) is 0.362.